The summed E-state index contributed by atoms with van der Waals surface area (Å²) in [5.74, 6) is 2.55. The molecule has 2 saturated heterocycles. The lowest BCUT2D eigenvalue weighted by Crippen LogP contribution is -2.47. The summed E-state index contributed by atoms with van der Waals surface area (Å²) in [6.45, 7) is 3.40. The van der Waals surface area contributed by atoms with Crippen molar-refractivity contribution >= 4 is 35.1 Å². The van der Waals surface area contributed by atoms with Crippen LogP contribution >= 0.6 is 0 Å². The molecular weight excluding hydrogens is 420 g/mol. The number of anilines is 3. The highest BCUT2D eigenvalue weighted by atomic mass is 16.3. The number of pyridine rings is 1. The standard InChI is InChI=1S/C23H26N8O2/c32-21-12-15(23(33)28-21)11-16-14-25-31-20(26-17-4-5-17)13-19(27-22(16)31)30-9-7-29(8-10-30)18-3-1-2-6-24-18/h1-3,6,11,13-14,17,21,26,32H,4-5,7-10,12H2,(H,28,33)/b15-11+. The average molecular weight is 447 g/mol. The minimum absolute atomic E-state index is 0.250. The molecule has 6 rings (SSSR count). The van der Waals surface area contributed by atoms with Gasteiger partial charge in [-0.3, -0.25) is 4.79 Å². The molecule has 0 bridgehead atoms. The zero-order valence-corrected chi connectivity index (χ0v) is 18.2. The topological polar surface area (TPSA) is 111 Å². The second kappa shape index (κ2) is 8.04. The Balaban J connectivity index is 1.31. The van der Waals surface area contributed by atoms with E-state index in [2.05, 4.69) is 36.6 Å². The fourth-order valence-corrected chi connectivity index (χ4v) is 4.38. The molecule has 0 radical (unpaired) electrons. The predicted molar refractivity (Wildman–Crippen MR) is 125 cm³/mol. The molecule has 33 heavy (non-hydrogen) atoms. The fraction of sp³-hybridized carbons (Fsp3) is 0.391. The third kappa shape index (κ3) is 3.97. The highest BCUT2D eigenvalue weighted by Gasteiger charge is 2.27. The van der Waals surface area contributed by atoms with Crippen molar-refractivity contribution in [2.45, 2.75) is 31.5 Å². The molecule has 5 heterocycles. The van der Waals surface area contributed by atoms with Crippen molar-refractivity contribution in [2.75, 3.05) is 41.3 Å². The number of hydrogen-bond acceptors (Lipinski definition) is 8. The van der Waals surface area contributed by atoms with E-state index in [1.165, 1.54) is 0 Å². The van der Waals surface area contributed by atoms with Gasteiger partial charge in [0.15, 0.2) is 5.65 Å². The van der Waals surface area contributed by atoms with E-state index in [1.807, 2.05) is 28.9 Å². The van der Waals surface area contributed by atoms with Crippen molar-refractivity contribution in [2.24, 2.45) is 0 Å². The van der Waals surface area contributed by atoms with Crippen molar-refractivity contribution in [1.82, 2.24) is 24.9 Å². The number of aromatic nitrogens is 4. The number of piperazine rings is 1. The van der Waals surface area contributed by atoms with E-state index < -0.39 is 6.23 Å². The molecule has 3 aliphatic rings. The Bertz CT molecular complexity index is 1210. The summed E-state index contributed by atoms with van der Waals surface area (Å²) in [5, 5.41) is 20.4. The van der Waals surface area contributed by atoms with Crippen molar-refractivity contribution in [3.8, 4) is 0 Å². The summed E-state index contributed by atoms with van der Waals surface area (Å²) in [6.07, 6.45) is 7.08. The summed E-state index contributed by atoms with van der Waals surface area (Å²) in [6, 6.07) is 8.52. The Morgan fingerprint density at radius 1 is 1.12 bits per heavy atom. The third-order valence-corrected chi connectivity index (χ3v) is 6.32. The lowest BCUT2D eigenvalue weighted by molar-refractivity contribution is -0.117. The predicted octanol–water partition coefficient (Wildman–Crippen LogP) is 1.25. The maximum absolute atomic E-state index is 12.1. The number of amides is 1. The lowest BCUT2D eigenvalue weighted by atomic mass is 10.1. The molecule has 1 amide bonds. The Hall–Kier alpha value is -3.66. The quantitative estimate of drug-likeness (QED) is 0.502. The number of hydrogen-bond donors (Lipinski definition) is 3. The second-order valence-electron chi connectivity index (χ2n) is 8.78. The van der Waals surface area contributed by atoms with E-state index in [4.69, 9.17) is 4.98 Å². The van der Waals surface area contributed by atoms with Gasteiger partial charge in [-0.25, -0.2) is 9.97 Å². The number of fused-ring (bicyclic) bond motifs is 1. The average Bonchev–Trinajstić information content (AvgIpc) is 3.47. The van der Waals surface area contributed by atoms with E-state index in [0.717, 1.165) is 62.0 Å². The van der Waals surface area contributed by atoms with Crippen LogP contribution in [0.3, 0.4) is 0 Å². The molecule has 170 valence electrons. The van der Waals surface area contributed by atoms with Crippen LogP contribution in [0.4, 0.5) is 17.5 Å². The Morgan fingerprint density at radius 2 is 1.91 bits per heavy atom. The molecule has 1 atom stereocenters. The molecule has 1 unspecified atom stereocenters. The van der Waals surface area contributed by atoms with Gasteiger partial charge in [0.25, 0.3) is 0 Å². The van der Waals surface area contributed by atoms with Gasteiger partial charge in [0.2, 0.25) is 5.91 Å². The van der Waals surface area contributed by atoms with E-state index >= 15 is 0 Å². The number of aliphatic hydroxyl groups is 1. The van der Waals surface area contributed by atoms with Crippen LogP contribution in [0.1, 0.15) is 24.8 Å². The van der Waals surface area contributed by atoms with Gasteiger partial charge in [-0.15, -0.1) is 0 Å². The maximum atomic E-state index is 12.1. The summed E-state index contributed by atoms with van der Waals surface area (Å²) >= 11 is 0. The van der Waals surface area contributed by atoms with Crippen LogP contribution in [0.5, 0.6) is 0 Å². The van der Waals surface area contributed by atoms with Crippen LogP contribution in [0.15, 0.2) is 42.2 Å². The zero-order chi connectivity index (χ0) is 22.4. The zero-order valence-electron chi connectivity index (χ0n) is 18.2. The van der Waals surface area contributed by atoms with Gasteiger partial charge < -0.3 is 25.5 Å². The first-order valence-corrected chi connectivity index (χ1v) is 11.4. The van der Waals surface area contributed by atoms with E-state index in [0.29, 0.717) is 17.3 Å². The first-order chi connectivity index (χ1) is 16.1. The van der Waals surface area contributed by atoms with Gasteiger partial charge in [0.05, 0.1) is 6.20 Å². The van der Waals surface area contributed by atoms with Gasteiger partial charge in [0, 0.05) is 62.0 Å². The smallest absolute Gasteiger partial charge is 0.249 e. The highest BCUT2D eigenvalue weighted by Crippen LogP contribution is 2.29. The summed E-state index contributed by atoms with van der Waals surface area (Å²) in [7, 11) is 0. The molecule has 10 heteroatoms. The molecule has 1 aliphatic carbocycles. The Kier molecular flexibility index (Phi) is 4.87. The van der Waals surface area contributed by atoms with Crippen LogP contribution < -0.4 is 20.4 Å². The number of aliphatic hydroxyl groups excluding tert-OH is 1. The largest absolute Gasteiger partial charge is 0.373 e. The maximum Gasteiger partial charge on any atom is 0.249 e. The number of nitrogens with one attached hydrogen (secondary N) is 2. The van der Waals surface area contributed by atoms with Crippen LogP contribution in [-0.2, 0) is 4.79 Å². The monoisotopic (exact) mass is 446 g/mol. The van der Waals surface area contributed by atoms with Gasteiger partial charge in [-0.2, -0.15) is 9.61 Å². The number of rotatable bonds is 5. The molecular formula is C23H26N8O2. The van der Waals surface area contributed by atoms with Crippen molar-refractivity contribution in [3.63, 3.8) is 0 Å². The van der Waals surface area contributed by atoms with Gasteiger partial charge in [-0.05, 0) is 31.1 Å². The molecule has 3 aromatic heterocycles. The summed E-state index contributed by atoms with van der Waals surface area (Å²) in [5.41, 5.74) is 2.00. The van der Waals surface area contributed by atoms with Crippen molar-refractivity contribution in [3.05, 3.63) is 47.8 Å². The minimum Gasteiger partial charge on any atom is -0.373 e. The van der Waals surface area contributed by atoms with E-state index in [1.54, 1.807) is 12.3 Å². The third-order valence-electron chi connectivity index (χ3n) is 6.32. The Morgan fingerprint density at radius 3 is 2.58 bits per heavy atom. The number of carbonyl (C=O) groups excluding carboxylic acids is 1. The molecule has 0 aromatic carbocycles. The molecule has 1 saturated carbocycles. The van der Waals surface area contributed by atoms with Crippen LogP contribution in [0.25, 0.3) is 11.7 Å². The molecule has 2 aliphatic heterocycles. The van der Waals surface area contributed by atoms with Crippen molar-refractivity contribution < 1.29 is 9.90 Å². The van der Waals surface area contributed by atoms with Crippen LogP contribution in [0.2, 0.25) is 0 Å². The molecule has 3 N–H and O–H groups in total. The summed E-state index contributed by atoms with van der Waals surface area (Å²) < 4.78 is 1.81. The van der Waals surface area contributed by atoms with Crippen LogP contribution in [0, 0.1) is 0 Å². The van der Waals surface area contributed by atoms with Gasteiger partial charge in [-0.1, -0.05) is 6.07 Å². The first kappa shape index (κ1) is 20.0. The molecule has 10 nitrogen and oxygen atoms in total. The SMILES string of the molecule is O=C1NC(O)C/C1=C\c1cnn2c(NC3CC3)cc(N3CCN(c4ccccn4)CC3)nc12. The Labute approximate surface area is 190 Å². The van der Waals surface area contributed by atoms with E-state index in [9.17, 15) is 9.90 Å². The van der Waals surface area contributed by atoms with Crippen molar-refractivity contribution in [1.29, 1.82) is 0 Å². The number of carbonyl (C=O) groups is 1. The number of nitrogens with zero attached hydrogens (tertiary/aromatic N) is 6. The van der Waals surface area contributed by atoms with E-state index in [-0.39, 0.29) is 12.3 Å². The normalized spacial score (nSPS) is 22.3. The lowest BCUT2D eigenvalue weighted by Gasteiger charge is -2.36. The molecule has 3 fully saturated rings. The molecule has 0 spiro atoms. The van der Waals surface area contributed by atoms with Crippen LogP contribution in [-0.4, -0.2) is 69.0 Å². The minimum atomic E-state index is -0.836. The second-order valence-corrected chi connectivity index (χ2v) is 8.78. The van der Waals surface area contributed by atoms with Gasteiger partial charge >= 0.3 is 0 Å². The highest BCUT2D eigenvalue weighted by molar-refractivity contribution is 6.00. The fourth-order valence-electron chi connectivity index (χ4n) is 4.38. The molecule has 3 aromatic rings. The first-order valence-electron chi connectivity index (χ1n) is 11.4. The van der Waals surface area contributed by atoms with Gasteiger partial charge in [0.1, 0.15) is 23.7 Å². The summed E-state index contributed by atoms with van der Waals surface area (Å²) in [4.78, 5) is 26.1.